The van der Waals surface area contributed by atoms with Gasteiger partial charge < -0.3 is 25.2 Å². The molecule has 1 amide bonds. The van der Waals surface area contributed by atoms with Crippen molar-refractivity contribution in [3.8, 4) is 0 Å². The molecule has 3 aliphatic heterocycles. The molecule has 1 unspecified atom stereocenters. The smallest absolute Gasteiger partial charge is 0.273 e. The number of nitrogens with zero attached hydrogens (tertiary/aromatic N) is 3. The molecule has 1 aromatic rings. The van der Waals surface area contributed by atoms with Crippen LogP contribution in [-0.2, 0) is 9.53 Å². The van der Waals surface area contributed by atoms with Gasteiger partial charge in [0.25, 0.3) is 5.91 Å². The van der Waals surface area contributed by atoms with Gasteiger partial charge in [0.05, 0.1) is 18.9 Å². The first-order valence-corrected chi connectivity index (χ1v) is 12.6. The number of hydrogen-bond acceptors (Lipinski definition) is 7. The second kappa shape index (κ2) is 10.3. The van der Waals surface area contributed by atoms with E-state index in [9.17, 15) is 4.79 Å². The third-order valence-corrected chi connectivity index (χ3v) is 7.19. The van der Waals surface area contributed by atoms with E-state index in [0.29, 0.717) is 11.6 Å². The highest BCUT2D eigenvalue weighted by atomic mass is 35.5. The van der Waals surface area contributed by atoms with Crippen molar-refractivity contribution < 1.29 is 9.53 Å². The monoisotopic (exact) mass is 496 g/mol. The number of carbonyl (C=O) groups is 1. The molecule has 0 bridgehead atoms. The van der Waals surface area contributed by atoms with Gasteiger partial charge in [0.2, 0.25) is 0 Å². The molecule has 5 rings (SSSR count). The van der Waals surface area contributed by atoms with E-state index in [1.54, 1.807) is 5.01 Å². The van der Waals surface area contributed by atoms with Crippen LogP contribution in [0.5, 0.6) is 0 Å². The van der Waals surface area contributed by atoms with E-state index in [2.05, 4.69) is 44.9 Å². The van der Waals surface area contributed by atoms with Crippen molar-refractivity contribution in [2.24, 2.45) is 5.92 Å². The van der Waals surface area contributed by atoms with Crippen LogP contribution in [0.4, 0.5) is 11.4 Å². The van der Waals surface area contributed by atoms with Gasteiger partial charge in [-0.3, -0.25) is 15.2 Å². The first-order valence-electron chi connectivity index (χ1n) is 12.2. The Bertz CT molecular complexity index is 1090. The number of ether oxygens (including phenoxy) is 1. The van der Waals surface area contributed by atoms with Crippen molar-refractivity contribution in [1.82, 2.24) is 20.7 Å². The number of rotatable bonds is 5. The summed E-state index contributed by atoms with van der Waals surface area (Å²) in [4.78, 5) is 17.9. The van der Waals surface area contributed by atoms with E-state index in [1.165, 1.54) is 5.57 Å². The van der Waals surface area contributed by atoms with Crippen LogP contribution < -0.4 is 21.0 Å². The highest BCUT2D eigenvalue weighted by Crippen LogP contribution is 2.29. The summed E-state index contributed by atoms with van der Waals surface area (Å²) in [5, 5.41) is 9.03. The Labute approximate surface area is 211 Å². The van der Waals surface area contributed by atoms with E-state index in [4.69, 9.17) is 16.3 Å². The summed E-state index contributed by atoms with van der Waals surface area (Å²) in [6.07, 6.45) is 7.07. The molecule has 9 heteroatoms. The van der Waals surface area contributed by atoms with Gasteiger partial charge in [-0.1, -0.05) is 24.6 Å². The first kappa shape index (κ1) is 23.6. The lowest BCUT2D eigenvalue weighted by Crippen LogP contribution is -2.51. The van der Waals surface area contributed by atoms with Gasteiger partial charge in [-0.25, -0.2) is 0 Å². The largest absolute Gasteiger partial charge is 0.378 e. The number of halogens is 1. The van der Waals surface area contributed by atoms with Crippen LogP contribution in [-0.4, -0.2) is 68.8 Å². The SMILES string of the molecule is CC1CC=C(Cl)C=C1CN1CCNC2=C1C=C(C(=O)Nc1ccc(N3CCOCC3)cc1)N(C)N2. The number of hydrogen-bond donors (Lipinski definition) is 3. The topological polar surface area (TPSA) is 72.1 Å². The van der Waals surface area contributed by atoms with E-state index in [1.807, 2.05) is 37.4 Å². The van der Waals surface area contributed by atoms with Crippen molar-refractivity contribution in [1.29, 1.82) is 0 Å². The molecule has 0 radical (unpaired) electrons. The number of nitrogens with one attached hydrogen (secondary N) is 3. The highest BCUT2D eigenvalue weighted by Gasteiger charge is 2.29. The molecule has 8 nitrogen and oxygen atoms in total. The molecule has 1 saturated heterocycles. The van der Waals surface area contributed by atoms with Crippen LogP contribution in [0.1, 0.15) is 13.3 Å². The maximum atomic E-state index is 13.2. The van der Waals surface area contributed by atoms with Gasteiger partial charge in [0.15, 0.2) is 0 Å². The number of likely N-dealkylation sites (N-methyl/N-ethyl adjacent to an activating group) is 1. The molecule has 0 spiro atoms. The lowest BCUT2D eigenvalue weighted by atomic mass is 9.92. The lowest BCUT2D eigenvalue weighted by molar-refractivity contribution is -0.114. The molecule has 1 fully saturated rings. The molecule has 3 N–H and O–H groups in total. The Morgan fingerprint density at radius 3 is 2.71 bits per heavy atom. The Morgan fingerprint density at radius 1 is 1.17 bits per heavy atom. The number of hydrazine groups is 1. The summed E-state index contributed by atoms with van der Waals surface area (Å²) in [5.41, 5.74) is 8.09. The lowest BCUT2D eigenvalue weighted by Gasteiger charge is -2.40. The third-order valence-electron chi connectivity index (χ3n) is 6.92. The summed E-state index contributed by atoms with van der Waals surface area (Å²) in [7, 11) is 1.85. The van der Waals surface area contributed by atoms with Crippen LogP contribution in [0.15, 0.2) is 70.3 Å². The van der Waals surface area contributed by atoms with Crippen LogP contribution in [0.25, 0.3) is 0 Å². The number of allylic oxidation sites excluding steroid dienone is 4. The minimum Gasteiger partial charge on any atom is -0.378 e. The fourth-order valence-corrected chi connectivity index (χ4v) is 5.02. The fourth-order valence-electron chi connectivity index (χ4n) is 4.79. The van der Waals surface area contributed by atoms with E-state index in [-0.39, 0.29) is 5.91 Å². The Balaban J connectivity index is 1.30. The van der Waals surface area contributed by atoms with Gasteiger partial charge >= 0.3 is 0 Å². The minimum atomic E-state index is -0.160. The van der Waals surface area contributed by atoms with Gasteiger partial charge in [-0.05, 0) is 54.3 Å². The molecule has 3 heterocycles. The van der Waals surface area contributed by atoms with E-state index >= 15 is 0 Å². The fraction of sp³-hybridized carbons (Fsp3) is 0.423. The summed E-state index contributed by atoms with van der Waals surface area (Å²) < 4.78 is 5.43. The predicted molar refractivity (Wildman–Crippen MR) is 139 cm³/mol. The molecule has 4 aliphatic rings. The van der Waals surface area contributed by atoms with Gasteiger partial charge in [0, 0.05) is 56.2 Å². The Hall–Kier alpha value is -3.10. The number of amides is 1. The maximum absolute atomic E-state index is 13.2. The zero-order chi connectivity index (χ0) is 24.4. The molecular formula is C26H33ClN6O2. The first-order chi connectivity index (χ1) is 17.0. The molecule has 1 aromatic carbocycles. The van der Waals surface area contributed by atoms with Crippen molar-refractivity contribution in [3.63, 3.8) is 0 Å². The van der Waals surface area contributed by atoms with E-state index in [0.717, 1.165) is 80.3 Å². The average molecular weight is 497 g/mol. The van der Waals surface area contributed by atoms with Crippen molar-refractivity contribution in [2.45, 2.75) is 13.3 Å². The zero-order valence-corrected chi connectivity index (χ0v) is 21.1. The second-order valence-electron chi connectivity index (χ2n) is 9.35. The molecule has 0 saturated carbocycles. The van der Waals surface area contributed by atoms with Crippen molar-refractivity contribution >= 4 is 28.9 Å². The number of anilines is 2. The summed E-state index contributed by atoms with van der Waals surface area (Å²) in [6, 6.07) is 7.99. The highest BCUT2D eigenvalue weighted by molar-refractivity contribution is 6.31. The van der Waals surface area contributed by atoms with Gasteiger partial charge in [-0.2, -0.15) is 0 Å². The molecule has 1 atom stereocenters. The number of carbonyl (C=O) groups excluding carboxylic acids is 1. The van der Waals surface area contributed by atoms with Crippen LogP contribution >= 0.6 is 11.6 Å². The summed E-state index contributed by atoms with van der Waals surface area (Å²) in [6.45, 7) is 7.95. The molecule has 1 aliphatic carbocycles. The average Bonchev–Trinajstić information content (AvgIpc) is 2.87. The summed E-state index contributed by atoms with van der Waals surface area (Å²) >= 11 is 6.30. The van der Waals surface area contributed by atoms with Gasteiger partial charge in [0.1, 0.15) is 11.5 Å². The Morgan fingerprint density at radius 2 is 1.94 bits per heavy atom. The quantitative estimate of drug-likeness (QED) is 0.579. The molecular weight excluding hydrogens is 464 g/mol. The predicted octanol–water partition coefficient (Wildman–Crippen LogP) is 2.96. The van der Waals surface area contributed by atoms with Crippen molar-refractivity contribution in [2.75, 3.05) is 63.2 Å². The van der Waals surface area contributed by atoms with E-state index < -0.39 is 0 Å². The molecule has 0 aromatic heterocycles. The van der Waals surface area contributed by atoms with Crippen LogP contribution in [0.3, 0.4) is 0 Å². The van der Waals surface area contributed by atoms with Gasteiger partial charge in [-0.15, -0.1) is 0 Å². The third kappa shape index (κ3) is 5.28. The maximum Gasteiger partial charge on any atom is 0.273 e. The second-order valence-corrected chi connectivity index (χ2v) is 9.79. The zero-order valence-electron chi connectivity index (χ0n) is 20.3. The van der Waals surface area contributed by atoms with Crippen LogP contribution in [0, 0.1) is 5.92 Å². The molecule has 186 valence electrons. The van der Waals surface area contributed by atoms with Crippen molar-refractivity contribution in [3.05, 3.63) is 70.3 Å². The van der Waals surface area contributed by atoms with Crippen LogP contribution in [0.2, 0.25) is 0 Å². The standard InChI is InChI=1S/C26H33ClN6O2/c1-18-3-4-20(27)15-19(18)17-33-10-9-28-25-23(33)16-24(31(2)30-25)26(34)29-21-5-7-22(8-6-21)32-11-13-35-14-12-32/h4-8,15-16,18,28,30H,3,9-14,17H2,1-2H3,(H,29,34). The number of benzene rings is 1. The Kier molecular flexibility index (Phi) is 6.92. The molecule has 35 heavy (non-hydrogen) atoms. The number of morpholine rings is 1. The normalized spacial score (nSPS) is 22.4. The minimum absolute atomic E-state index is 0.160. The summed E-state index contributed by atoms with van der Waals surface area (Å²) in [5.74, 6) is 1.20.